The molecule has 0 atom stereocenters. The number of ether oxygens (including phenoxy) is 2. The number of thiophene rings is 1. The van der Waals surface area contributed by atoms with Crippen LogP contribution in [0, 0.1) is 0 Å². The summed E-state index contributed by atoms with van der Waals surface area (Å²) >= 11 is 11.3. The number of anilines is 1. The Morgan fingerprint density at radius 2 is 2.06 bits per heavy atom. The summed E-state index contributed by atoms with van der Waals surface area (Å²) in [5.41, 5.74) is 0.852. The summed E-state index contributed by atoms with van der Waals surface area (Å²) in [6.45, 7) is 0.989. The van der Waals surface area contributed by atoms with Crippen molar-refractivity contribution in [2.75, 3.05) is 12.1 Å². The Hall–Kier alpha value is -0.910. The van der Waals surface area contributed by atoms with Gasteiger partial charge in [0.15, 0.2) is 11.5 Å². The van der Waals surface area contributed by atoms with Crippen molar-refractivity contribution in [2.24, 2.45) is 0 Å². The number of hydrogen-bond acceptors (Lipinski definition) is 4. The minimum atomic E-state index is 0.257. The van der Waals surface area contributed by atoms with Crippen LogP contribution in [0.25, 0.3) is 0 Å². The topological polar surface area (TPSA) is 30.5 Å². The first kappa shape index (κ1) is 12.1. The third kappa shape index (κ3) is 2.43. The summed E-state index contributed by atoms with van der Waals surface area (Å²) in [5.74, 6) is 1.43. The average molecular weight is 347 g/mol. The quantitative estimate of drug-likeness (QED) is 0.887. The van der Waals surface area contributed by atoms with Crippen molar-refractivity contribution in [2.45, 2.75) is 6.54 Å². The fourth-order valence-corrected chi connectivity index (χ4v) is 3.29. The molecule has 0 radical (unpaired) electrons. The molecule has 0 saturated heterocycles. The maximum Gasteiger partial charge on any atom is 0.231 e. The molecule has 0 bridgehead atoms. The molecule has 1 aliphatic rings. The van der Waals surface area contributed by atoms with Gasteiger partial charge in [-0.3, -0.25) is 0 Å². The Kier molecular flexibility index (Phi) is 3.37. The first-order valence-corrected chi connectivity index (χ1v) is 7.33. The Morgan fingerprint density at radius 3 is 2.78 bits per heavy atom. The van der Waals surface area contributed by atoms with Crippen LogP contribution in [0.2, 0.25) is 5.02 Å². The molecule has 1 aromatic carbocycles. The van der Waals surface area contributed by atoms with Gasteiger partial charge in [0.25, 0.3) is 0 Å². The normalized spacial score (nSPS) is 12.8. The average Bonchev–Trinajstić information content (AvgIpc) is 2.94. The lowest BCUT2D eigenvalue weighted by Gasteiger charge is -2.08. The van der Waals surface area contributed by atoms with E-state index in [4.69, 9.17) is 21.1 Å². The summed E-state index contributed by atoms with van der Waals surface area (Å²) in [6, 6.07) is 5.72. The Morgan fingerprint density at radius 1 is 1.28 bits per heavy atom. The smallest absolute Gasteiger partial charge is 0.231 e. The Balaban J connectivity index is 1.76. The van der Waals surface area contributed by atoms with Gasteiger partial charge >= 0.3 is 0 Å². The second-order valence-corrected chi connectivity index (χ2v) is 6.09. The van der Waals surface area contributed by atoms with Crippen LogP contribution in [-0.4, -0.2) is 6.79 Å². The molecular weight excluding hydrogens is 338 g/mol. The van der Waals surface area contributed by atoms with Crippen molar-refractivity contribution in [3.63, 3.8) is 0 Å². The molecule has 1 N–H and O–H groups in total. The summed E-state index contributed by atoms with van der Waals surface area (Å²) in [5, 5.41) is 5.98. The van der Waals surface area contributed by atoms with Crippen molar-refractivity contribution < 1.29 is 9.47 Å². The lowest BCUT2D eigenvalue weighted by atomic mass is 10.2. The van der Waals surface area contributed by atoms with Crippen molar-refractivity contribution in [1.82, 2.24) is 0 Å². The van der Waals surface area contributed by atoms with Gasteiger partial charge in [0.1, 0.15) is 0 Å². The maximum absolute atomic E-state index is 6.18. The van der Waals surface area contributed by atoms with E-state index in [2.05, 4.69) is 32.7 Å². The molecule has 0 fully saturated rings. The van der Waals surface area contributed by atoms with E-state index in [0.717, 1.165) is 22.5 Å². The molecule has 0 spiro atoms. The standard InChI is InChI=1S/C12H9BrClNO2S/c13-7-1-8(18-5-7)4-15-10-3-12-11(2-9(10)14)16-6-17-12/h1-3,5,15H,4,6H2. The van der Waals surface area contributed by atoms with Gasteiger partial charge in [-0.25, -0.2) is 0 Å². The predicted molar refractivity (Wildman–Crippen MR) is 76.9 cm³/mol. The first-order valence-electron chi connectivity index (χ1n) is 5.28. The molecule has 0 saturated carbocycles. The molecule has 2 aromatic rings. The molecule has 0 amide bonds. The van der Waals surface area contributed by atoms with E-state index >= 15 is 0 Å². The van der Waals surface area contributed by atoms with Crippen LogP contribution in [0.15, 0.2) is 28.1 Å². The lowest BCUT2D eigenvalue weighted by molar-refractivity contribution is 0.174. The highest BCUT2D eigenvalue weighted by Gasteiger charge is 2.16. The van der Waals surface area contributed by atoms with Crippen molar-refractivity contribution in [3.8, 4) is 11.5 Å². The molecule has 2 heterocycles. The summed E-state index contributed by atoms with van der Waals surface area (Å²) < 4.78 is 11.7. The van der Waals surface area contributed by atoms with Crippen LogP contribution in [0.4, 0.5) is 5.69 Å². The minimum absolute atomic E-state index is 0.257. The SMILES string of the molecule is Clc1cc2c(cc1NCc1cc(Br)cs1)OCO2. The summed E-state index contributed by atoms with van der Waals surface area (Å²) in [6.07, 6.45) is 0. The lowest BCUT2D eigenvalue weighted by Crippen LogP contribution is -1.98. The van der Waals surface area contributed by atoms with Gasteiger partial charge < -0.3 is 14.8 Å². The van der Waals surface area contributed by atoms with Gasteiger partial charge in [0, 0.05) is 33.4 Å². The minimum Gasteiger partial charge on any atom is -0.454 e. The van der Waals surface area contributed by atoms with E-state index in [1.165, 1.54) is 4.88 Å². The highest BCUT2D eigenvalue weighted by molar-refractivity contribution is 9.10. The molecule has 6 heteroatoms. The number of nitrogens with one attached hydrogen (secondary N) is 1. The van der Waals surface area contributed by atoms with Crippen molar-refractivity contribution in [1.29, 1.82) is 0 Å². The fourth-order valence-electron chi connectivity index (χ4n) is 1.68. The number of fused-ring (bicyclic) bond motifs is 1. The van der Waals surface area contributed by atoms with Gasteiger partial charge in [0.2, 0.25) is 6.79 Å². The van der Waals surface area contributed by atoms with E-state index < -0.39 is 0 Å². The predicted octanol–water partition coefficient (Wildman–Crippen LogP) is 4.50. The fraction of sp³-hybridized carbons (Fsp3) is 0.167. The third-order valence-corrected chi connectivity index (χ3v) is 4.55. The maximum atomic E-state index is 6.18. The van der Waals surface area contributed by atoms with Crippen LogP contribution in [0.3, 0.4) is 0 Å². The van der Waals surface area contributed by atoms with E-state index in [0.29, 0.717) is 10.8 Å². The molecule has 3 nitrogen and oxygen atoms in total. The largest absolute Gasteiger partial charge is 0.454 e. The zero-order valence-electron chi connectivity index (χ0n) is 9.20. The van der Waals surface area contributed by atoms with E-state index in [1.54, 1.807) is 17.4 Å². The molecule has 0 unspecified atom stereocenters. The molecule has 1 aromatic heterocycles. The molecule has 3 rings (SSSR count). The molecule has 0 aliphatic carbocycles. The zero-order valence-corrected chi connectivity index (χ0v) is 12.4. The van der Waals surface area contributed by atoms with Gasteiger partial charge in [-0.05, 0) is 22.0 Å². The van der Waals surface area contributed by atoms with Gasteiger partial charge in [0.05, 0.1) is 10.7 Å². The Labute approximate surface area is 122 Å². The number of halogens is 2. The highest BCUT2D eigenvalue weighted by atomic mass is 79.9. The number of rotatable bonds is 3. The molecule has 18 heavy (non-hydrogen) atoms. The monoisotopic (exact) mass is 345 g/mol. The molecular formula is C12H9BrClNO2S. The third-order valence-electron chi connectivity index (χ3n) is 2.54. The van der Waals surface area contributed by atoms with Gasteiger partial charge in [-0.15, -0.1) is 11.3 Å². The second kappa shape index (κ2) is 4.99. The molecule has 1 aliphatic heterocycles. The van der Waals surface area contributed by atoms with Crippen LogP contribution < -0.4 is 14.8 Å². The van der Waals surface area contributed by atoms with E-state index in [-0.39, 0.29) is 6.79 Å². The second-order valence-electron chi connectivity index (χ2n) is 3.77. The van der Waals surface area contributed by atoms with Crippen LogP contribution >= 0.6 is 38.9 Å². The molecule has 94 valence electrons. The summed E-state index contributed by atoms with van der Waals surface area (Å²) in [4.78, 5) is 1.23. The van der Waals surface area contributed by atoms with Crippen LogP contribution in [-0.2, 0) is 6.54 Å². The van der Waals surface area contributed by atoms with Gasteiger partial charge in [-0.2, -0.15) is 0 Å². The highest BCUT2D eigenvalue weighted by Crippen LogP contribution is 2.39. The van der Waals surface area contributed by atoms with Crippen molar-refractivity contribution in [3.05, 3.63) is 38.0 Å². The van der Waals surface area contributed by atoms with Crippen LogP contribution in [0.1, 0.15) is 4.88 Å². The Bertz CT molecular complexity index is 587. The van der Waals surface area contributed by atoms with Gasteiger partial charge in [-0.1, -0.05) is 11.6 Å². The van der Waals surface area contributed by atoms with E-state index in [1.807, 2.05) is 6.07 Å². The van der Waals surface area contributed by atoms with Crippen molar-refractivity contribution >= 4 is 44.6 Å². The first-order chi connectivity index (χ1) is 8.72. The number of hydrogen-bond donors (Lipinski definition) is 1. The summed E-state index contributed by atoms with van der Waals surface area (Å²) in [7, 11) is 0. The van der Waals surface area contributed by atoms with E-state index in [9.17, 15) is 0 Å². The number of benzene rings is 1. The van der Waals surface area contributed by atoms with Crippen LogP contribution in [0.5, 0.6) is 11.5 Å². The zero-order chi connectivity index (χ0) is 12.5.